The lowest BCUT2D eigenvalue weighted by atomic mass is 9.72. The van der Waals surface area contributed by atoms with E-state index in [0.29, 0.717) is 6.54 Å². The first kappa shape index (κ1) is 21.5. The van der Waals surface area contributed by atoms with Crippen LogP contribution in [0, 0.1) is 11.8 Å². The molecule has 1 aliphatic rings. The van der Waals surface area contributed by atoms with Crippen LogP contribution in [0.15, 0.2) is 73.3 Å². The summed E-state index contributed by atoms with van der Waals surface area (Å²) in [6, 6.07) is 17.4. The van der Waals surface area contributed by atoms with E-state index in [2.05, 4.69) is 6.58 Å². The fraction of sp³-hybridized carbons (Fsp3) is 0.292. The zero-order chi connectivity index (χ0) is 21.7. The van der Waals surface area contributed by atoms with Gasteiger partial charge in [0, 0.05) is 6.54 Å². The Morgan fingerprint density at radius 2 is 1.27 bits per heavy atom. The van der Waals surface area contributed by atoms with E-state index >= 15 is 0 Å². The molecule has 2 aromatic rings. The van der Waals surface area contributed by atoms with E-state index in [0.717, 1.165) is 11.1 Å². The molecule has 1 saturated heterocycles. The Kier molecular flexibility index (Phi) is 6.79. The molecule has 1 aliphatic heterocycles. The van der Waals surface area contributed by atoms with Crippen molar-refractivity contribution in [2.45, 2.75) is 12.1 Å². The highest BCUT2D eigenvalue weighted by atomic mass is 16.5. The zero-order valence-electron chi connectivity index (χ0n) is 17.1. The fourth-order valence-corrected chi connectivity index (χ4v) is 4.25. The number of carbonyl (C=O) groups is 3. The van der Waals surface area contributed by atoms with Gasteiger partial charge >= 0.3 is 11.9 Å². The molecule has 2 unspecified atom stereocenters. The van der Waals surface area contributed by atoms with Crippen molar-refractivity contribution >= 4 is 17.7 Å². The van der Waals surface area contributed by atoms with Crippen molar-refractivity contribution < 1.29 is 23.9 Å². The smallest absolute Gasteiger partial charge is 0.318 e. The first-order valence-electron chi connectivity index (χ1n) is 9.71. The molecule has 0 radical (unpaired) electrons. The Hall–Kier alpha value is -3.25. The van der Waals surface area contributed by atoms with Gasteiger partial charge in [0.2, 0.25) is 0 Å². The van der Waals surface area contributed by atoms with E-state index in [-0.39, 0.29) is 0 Å². The molecule has 0 amide bonds. The lowest BCUT2D eigenvalue weighted by molar-refractivity contribution is -0.167. The van der Waals surface area contributed by atoms with Crippen LogP contribution in [0.3, 0.4) is 0 Å². The summed E-state index contributed by atoms with van der Waals surface area (Å²) in [5.41, 5.74) is 1.57. The Morgan fingerprint density at radius 1 is 0.867 bits per heavy atom. The third kappa shape index (κ3) is 3.91. The number of Topliss-reactive ketones (excluding diaryl/α,β-unsaturated/α-hetero) is 1. The number of piperidine rings is 1. The van der Waals surface area contributed by atoms with Crippen molar-refractivity contribution in [1.29, 1.82) is 0 Å². The number of ketones is 1. The maximum atomic E-state index is 13.6. The van der Waals surface area contributed by atoms with Crippen molar-refractivity contribution in [2.75, 3.05) is 20.8 Å². The van der Waals surface area contributed by atoms with Crippen molar-refractivity contribution in [2.24, 2.45) is 11.8 Å². The van der Waals surface area contributed by atoms with Crippen molar-refractivity contribution in [1.82, 2.24) is 4.90 Å². The molecule has 0 spiro atoms. The maximum absolute atomic E-state index is 13.6. The molecule has 6 nitrogen and oxygen atoms in total. The minimum Gasteiger partial charge on any atom is -0.468 e. The zero-order valence-corrected chi connectivity index (χ0v) is 17.1. The monoisotopic (exact) mass is 407 g/mol. The van der Waals surface area contributed by atoms with Gasteiger partial charge in [-0.1, -0.05) is 66.7 Å². The topological polar surface area (TPSA) is 72.9 Å². The molecule has 3 rings (SSSR count). The van der Waals surface area contributed by atoms with E-state index in [9.17, 15) is 14.4 Å². The number of hydrogen-bond donors (Lipinski definition) is 0. The van der Waals surface area contributed by atoms with Gasteiger partial charge in [0.15, 0.2) is 5.78 Å². The van der Waals surface area contributed by atoms with Crippen LogP contribution in [0.4, 0.5) is 0 Å². The minimum atomic E-state index is -1.17. The number of methoxy groups -OCH3 is 2. The normalized spacial score (nSPS) is 24.1. The summed E-state index contributed by atoms with van der Waals surface area (Å²) >= 11 is 0. The molecule has 1 heterocycles. The highest BCUT2D eigenvalue weighted by Crippen LogP contribution is 2.47. The fourth-order valence-electron chi connectivity index (χ4n) is 4.25. The second-order valence-corrected chi connectivity index (χ2v) is 7.10. The first-order chi connectivity index (χ1) is 14.5. The number of carbonyl (C=O) groups excluding carboxylic acids is 3. The molecule has 30 heavy (non-hydrogen) atoms. The molecule has 156 valence electrons. The number of nitrogens with zero attached hydrogens (tertiary/aromatic N) is 1. The second kappa shape index (κ2) is 9.50. The van der Waals surface area contributed by atoms with Gasteiger partial charge < -0.3 is 9.47 Å². The van der Waals surface area contributed by atoms with E-state index in [4.69, 9.17) is 9.47 Å². The van der Waals surface area contributed by atoms with Crippen LogP contribution in [-0.2, 0) is 23.9 Å². The van der Waals surface area contributed by atoms with E-state index in [1.807, 2.05) is 65.6 Å². The van der Waals surface area contributed by atoms with Gasteiger partial charge in [0.25, 0.3) is 0 Å². The SMILES string of the molecule is C=CCN1[C@H](c2ccccc2)C(C(=O)OC)C(=O)C(C(=O)OC)[C@@H]1c1ccccc1. The maximum Gasteiger partial charge on any atom is 0.318 e. The molecule has 0 aromatic heterocycles. The highest BCUT2D eigenvalue weighted by Gasteiger charge is 2.55. The molecule has 1 fully saturated rings. The number of esters is 2. The summed E-state index contributed by atoms with van der Waals surface area (Å²) in [6.45, 7) is 4.21. The van der Waals surface area contributed by atoms with Gasteiger partial charge in [-0.2, -0.15) is 0 Å². The summed E-state index contributed by atoms with van der Waals surface area (Å²) in [4.78, 5) is 41.1. The largest absolute Gasteiger partial charge is 0.468 e. The van der Waals surface area contributed by atoms with E-state index < -0.39 is 41.6 Å². The Bertz CT molecular complexity index is 842. The molecule has 0 N–H and O–H groups in total. The highest BCUT2D eigenvalue weighted by molar-refractivity contribution is 6.10. The minimum absolute atomic E-state index is 0.355. The van der Waals surface area contributed by atoms with Crippen LogP contribution in [0.1, 0.15) is 23.2 Å². The lowest BCUT2D eigenvalue weighted by Crippen LogP contribution is -2.55. The summed E-state index contributed by atoms with van der Waals surface area (Å²) in [7, 11) is 2.48. The van der Waals surface area contributed by atoms with Gasteiger partial charge in [-0.25, -0.2) is 0 Å². The molecular formula is C24H25NO5. The second-order valence-electron chi connectivity index (χ2n) is 7.10. The molecular weight excluding hydrogens is 382 g/mol. The Balaban J connectivity index is 2.25. The number of likely N-dealkylation sites (tertiary alicyclic amines) is 1. The number of hydrogen-bond acceptors (Lipinski definition) is 6. The summed E-state index contributed by atoms with van der Waals surface area (Å²) in [6.07, 6.45) is 1.70. The number of benzene rings is 2. The van der Waals surface area contributed by atoms with Gasteiger partial charge in [-0.15, -0.1) is 6.58 Å². The third-order valence-electron chi connectivity index (χ3n) is 5.49. The summed E-state index contributed by atoms with van der Waals surface area (Å²) in [5, 5.41) is 0. The summed E-state index contributed by atoms with van der Waals surface area (Å²) < 4.78 is 9.95. The molecule has 0 bridgehead atoms. The predicted octanol–water partition coefficient (Wildman–Crippen LogP) is 3.12. The third-order valence-corrected chi connectivity index (χ3v) is 5.49. The van der Waals surface area contributed by atoms with Gasteiger partial charge in [-0.05, 0) is 11.1 Å². The van der Waals surface area contributed by atoms with Crippen LogP contribution in [0.2, 0.25) is 0 Å². The number of rotatable bonds is 6. The van der Waals surface area contributed by atoms with Gasteiger partial charge in [0.1, 0.15) is 11.8 Å². The average Bonchev–Trinajstić information content (AvgIpc) is 2.79. The first-order valence-corrected chi connectivity index (χ1v) is 9.71. The van der Waals surface area contributed by atoms with Crippen LogP contribution in [-0.4, -0.2) is 43.4 Å². The molecule has 4 atom stereocenters. The van der Waals surface area contributed by atoms with Gasteiger partial charge in [0.05, 0.1) is 26.3 Å². The van der Waals surface area contributed by atoms with Crippen molar-refractivity contribution in [3.05, 3.63) is 84.4 Å². The van der Waals surface area contributed by atoms with Gasteiger partial charge in [-0.3, -0.25) is 19.3 Å². The quantitative estimate of drug-likeness (QED) is 0.416. The van der Waals surface area contributed by atoms with Crippen molar-refractivity contribution in [3.63, 3.8) is 0 Å². The van der Waals surface area contributed by atoms with Crippen LogP contribution < -0.4 is 0 Å². The lowest BCUT2D eigenvalue weighted by Gasteiger charge is -2.47. The van der Waals surface area contributed by atoms with E-state index in [1.165, 1.54) is 14.2 Å². The molecule has 0 saturated carbocycles. The molecule has 2 aromatic carbocycles. The van der Waals surface area contributed by atoms with Crippen LogP contribution in [0.25, 0.3) is 0 Å². The Labute approximate surface area is 176 Å². The summed E-state index contributed by atoms with van der Waals surface area (Å²) in [5.74, 6) is -4.19. The predicted molar refractivity (Wildman–Crippen MR) is 111 cm³/mol. The number of ether oxygens (including phenoxy) is 2. The van der Waals surface area contributed by atoms with Crippen LogP contribution in [0.5, 0.6) is 0 Å². The molecule has 6 heteroatoms. The standard InChI is InChI=1S/C24H25NO5/c1-4-15-25-20(16-11-7-5-8-12-16)18(23(27)29-2)22(26)19(24(28)30-3)21(25)17-13-9-6-10-14-17/h4-14,18-21H,1,15H2,2-3H3/t18?,19?,20-,21+. The van der Waals surface area contributed by atoms with Crippen LogP contribution >= 0.6 is 0 Å². The Morgan fingerprint density at radius 3 is 1.60 bits per heavy atom. The van der Waals surface area contributed by atoms with Crippen molar-refractivity contribution in [3.8, 4) is 0 Å². The van der Waals surface area contributed by atoms with E-state index in [1.54, 1.807) is 6.08 Å². The molecule has 0 aliphatic carbocycles. The average molecular weight is 407 g/mol.